The summed E-state index contributed by atoms with van der Waals surface area (Å²) in [4.78, 5) is 5.41. The van der Waals surface area contributed by atoms with E-state index in [-0.39, 0.29) is 0 Å². The second-order valence-electron chi connectivity index (χ2n) is 6.21. The highest BCUT2D eigenvalue weighted by Crippen LogP contribution is 2.27. The average Bonchev–Trinajstić information content (AvgIpc) is 2.60. The molecule has 0 radical (unpaired) electrons. The topological polar surface area (TPSA) is 29.3 Å². The van der Waals surface area contributed by atoms with Crippen LogP contribution < -0.4 is 5.73 Å². The number of thiophene rings is 1. The van der Waals surface area contributed by atoms with E-state index in [2.05, 4.69) is 31.7 Å². The molecule has 2 rings (SSSR count). The highest BCUT2D eigenvalue weighted by atomic mass is 32.1. The lowest BCUT2D eigenvalue weighted by atomic mass is 9.89. The molecule has 1 aromatic rings. The molecule has 0 spiro atoms. The third kappa shape index (κ3) is 4.04. The zero-order valence-electron chi connectivity index (χ0n) is 12.6. The summed E-state index contributed by atoms with van der Waals surface area (Å²) >= 11 is 1.86. The van der Waals surface area contributed by atoms with Crippen LogP contribution in [0.1, 0.15) is 48.4 Å². The van der Waals surface area contributed by atoms with Crippen LogP contribution in [0, 0.1) is 18.8 Å². The van der Waals surface area contributed by atoms with Crippen LogP contribution in [-0.2, 0) is 13.1 Å². The molecule has 2 nitrogen and oxygen atoms in total. The van der Waals surface area contributed by atoms with Crippen molar-refractivity contribution in [2.75, 3.05) is 13.1 Å². The maximum absolute atomic E-state index is 5.74. The van der Waals surface area contributed by atoms with Gasteiger partial charge < -0.3 is 5.73 Å². The van der Waals surface area contributed by atoms with Crippen molar-refractivity contribution < 1.29 is 0 Å². The van der Waals surface area contributed by atoms with Crippen molar-refractivity contribution in [1.29, 1.82) is 0 Å². The summed E-state index contributed by atoms with van der Waals surface area (Å²) < 4.78 is 0. The summed E-state index contributed by atoms with van der Waals surface area (Å²) in [5.74, 6) is 1.76. The maximum Gasteiger partial charge on any atom is 0.0274 e. The largest absolute Gasteiger partial charge is 0.326 e. The Bertz CT molecular complexity index is 397. The first-order valence-electron chi connectivity index (χ1n) is 7.60. The van der Waals surface area contributed by atoms with Crippen LogP contribution in [0.25, 0.3) is 0 Å². The monoisotopic (exact) mass is 280 g/mol. The summed E-state index contributed by atoms with van der Waals surface area (Å²) in [7, 11) is 0. The molecule has 1 fully saturated rings. The van der Waals surface area contributed by atoms with Gasteiger partial charge in [-0.15, -0.1) is 11.3 Å². The van der Waals surface area contributed by atoms with Gasteiger partial charge in [-0.3, -0.25) is 4.90 Å². The fraction of sp³-hybridized carbons (Fsp3) is 0.750. The molecule has 2 heterocycles. The minimum absolute atomic E-state index is 0.681. The average molecular weight is 280 g/mol. The van der Waals surface area contributed by atoms with Crippen molar-refractivity contribution >= 4 is 11.3 Å². The zero-order valence-corrected chi connectivity index (χ0v) is 13.4. The second-order valence-corrected chi connectivity index (χ2v) is 7.55. The quantitative estimate of drug-likeness (QED) is 0.909. The predicted octanol–water partition coefficient (Wildman–Crippen LogP) is 3.77. The highest BCUT2D eigenvalue weighted by molar-refractivity contribution is 7.12. The van der Waals surface area contributed by atoms with Gasteiger partial charge in [0.05, 0.1) is 0 Å². The van der Waals surface area contributed by atoms with Gasteiger partial charge in [0.1, 0.15) is 0 Å². The van der Waals surface area contributed by atoms with Crippen molar-refractivity contribution in [3.8, 4) is 0 Å². The fourth-order valence-electron chi connectivity index (χ4n) is 3.09. The van der Waals surface area contributed by atoms with Gasteiger partial charge in [0.25, 0.3) is 0 Å². The normalized spacial score (nSPS) is 21.8. The van der Waals surface area contributed by atoms with Gasteiger partial charge in [-0.25, -0.2) is 0 Å². The summed E-state index contributed by atoms with van der Waals surface area (Å²) in [6, 6.07) is 2.31. The van der Waals surface area contributed by atoms with Crippen molar-refractivity contribution in [1.82, 2.24) is 4.90 Å². The fourth-order valence-corrected chi connectivity index (χ4v) is 4.02. The molecular weight excluding hydrogens is 252 g/mol. The summed E-state index contributed by atoms with van der Waals surface area (Å²) in [6.45, 7) is 11.3. The molecule has 1 atom stereocenters. The minimum atomic E-state index is 0.681. The van der Waals surface area contributed by atoms with Gasteiger partial charge in [0.15, 0.2) is 0 Å². The smallest absolute Gasteiger partial charge is 0.0274 e. The van der Waals surface area contributed by atoms with Crippen LogP contribution in [0.5, 0.6) is 0 Å². The molecule has 108 valence electrons. The Morgan fingerprint density at radius 1 is 1.37 bits per heavy atom. The molecule has 2 N–H and O–H groups in total. The van der Waals surface area contributed by atoms with E-state index in [1.54, 1.807) is 0 Å². The van der Waals surface area contributed by atoms with Crippen LogP contribution in [0.15, 0.2) is 6.07 Å². The maximum atomic E-state index is 5.74. The van der Waals surface area contributed by atoms with Crippen LogP contribution >= 0.6 is 11.3 Å². The van der Waals surface area contributed by atoms with E-state index in [1.165, 1.54) is 47.7 Å². The number of hydrogen-bond acceptors (Lipinski definition) is 3. The van der Waals surface area contributed by atoms with Gasteiger partial charge in [-0.2, -0.15) is 0 Å². The van der Waals surface area contributed by atoms with Gasteiger partial charge in [0, 0.05) is 22.8 Å². The molecule has 0 aromatic carbocycles. The van der Waals surface area contributed by atoms with Crippen molar-refractivity contribution in [3.63, 3.8) is 0 Å². The number of nitrogens with two attached hydrogens (primary N) is 1. The van der Waals surface area contributed by atoms with E-state index >= 15 is 0 Å². The van der Waals surface area contributed by atoms with Crippen LogP contribution in [0.4, 0.5) is 0 Å². The van der Waals surface area contributed by atoms with Gasteiger partial charge >= 0.3 is 0 Å². The molecule has 3 heteroatoms. The number of nitrogens with zero attached hydrogens (tertiary/aromatic N) is 1. The highest BCUT2D eigenvalue weighted by Gasteiger charge is 2.20. The van der Waals surface area contributed by atoms with Crippen LogP contribution in [-0.4, -0.2) is 18.0 Å². The SMILES string of the molecule is Cc1sc(CN)cc1CN1CCCC(C(C)C)CC1. The number of likely N-dealkylation sites (tertiary alicyclic amines) is 1. The molecule has 19 heavy (non-hydrogen) atoms. The predicted molar refractivity (Wildman–Crippen MR) is 84.4 cm³/mol. The minimum Gasteiger partial charge on any atom is -0.326 e. The first kappa shape index (κ1) is 15.0. The number of rotatable bonds is 4. The van der Waals surface area contributed by atoms with E-state index in [0.29, 0.717) is 6.54 Å². The first-order chi connectivity index (χ1) is 9.10. The van der Waals surface area contributed by atoms with Crippen molar-refractivity contribution in [2.24, 2.45) is 17.6 Å². The summed E-state index contributed by atoms with van der Waals surface area (Å²) in [6.07, 6.45) is 4.13. The Labute approximate surface area is 122 Å². The van der Waals surface area contributed by atoms with E-state index in [1.807, 2.05) is 11.3 Å². The lowest BCUT2D eigenvalue weighted by molar-refractivity contribution is 0.264. The first-order valence-corrected chi connectivity index (χ1v) is 8.42. The van der Waals surface area contributed by atoms with Crippen molar-refractivity contribution in [2.45, 2.75) is 53.1 Å². The molecule has 1 aliphatic heterocycles. The Hall–Kier alpha value is -0.380. The van der Waals surface area contributed by atoms with Crippen molar-refractivity contribution in [3.05, 3.63) is 21.4 Å². The zero-order chi connectivity index (χ0) is 13.8. The van der Waals surface area contributed by atoms with Crippen LogP contribution in [0.2, 0.25) is 0 Å². The molecule has 0 saturated carbocycles. The van der Waals surface area contributed by atoms with Gasteiger partial charge in [-0.05, 0) is 62.7 Å². The number of hydrogen-bond donors (Lipinski definition) is 1. The Morgan fingerprint density at radius 2 is 2.16 bits per heavy atom. The third-order valence-electron chi connectivity index (χ3n) is 4.47. The molecule has 0 amide bonds. The Kier molecular flexibility index (Phi) is 5.43. The van der Waals surface area contributed by atoms with Gasteiger partial charge in [-0.1, -0.05) is 13.8 Å². The van der Waals surface area contributed by atoms with E-state index in [4.69, 9.17) is 5.73 Å². The third-order valence-corrected chi connectivity index (χ3v) is 5.59. The Morgan fingerprint density at radius 3 is 2.79 bits per heavy atom. The number of aryl methyl sites for hydroxylation is 1. The summed E-state index contributed by atoms with van der Waals surface area (Å²) in [5, 5.41) is 0. The van der Waals surface area contributed by atoms with E-state index in [9.17, 15) is 0 Å². The van der Waals surface area contributed by atoms with E-state index in [0.717, 1.165) is 18.4 Å². The molecule has 1 aromatic heterocycles. The standard InChI is InChI=1S/C16H28N2S/c1-12(2)14-5-4-7-18(8-6-14)11-15-9-16(10-17)19-13(15)3/h9,12,14H,4-8,10-11,17H2,1-3H3. The Balaban J connectivity index is 1.93. The molecular formula is C16H28N2S. The molecule has 1 unspecified atom stereocenters. The molecule has 0 aliphatic carbocycles. The lowest BCUT2D eigenvalue weighted by Gasteiger charge is -2.21. The molecule has 1 saturated heterocycles. The summed E-state index contributed by atoms with van der Waals surface area (Å²) in [5.41, 5.74) is 7.23. The van der Waals surface area contributed by atoms with Gasteiger partial charge in [0.2, 0.25) is 0 Å². The molecule has 1 aliphatic rings. The van der Waals surface area contributed by atoms with E-state index < -0.39 is 0 Å². The lowest BCUT2D eigenvalue weighted by Crippen LogP contribution is -2.24. The van der Waals surface area contributed by atoms with Crippen LogP contribution in [0.3, 0.4) is 0 Å². The second kappa shape index (κ2) is 6.87. The molecule has 0 bridgehead atoms.